The number of rotatable bonds is 3. The molecule has 1 N–H and O–H groups in total. The maximum atomic E-state index is 10.8. The molecule has 0 fully saturated rings. The Morgan fingerprint density at radius 3 is 2.53 bits per heavy atom. The van der Waals surface area contributed by atoms with Crippen LogP contribution in [0.15, 0.2) is 12.3 Å². The molecular weight excluding hydrogens is 228 g/mol. The van der Waals surface area contributed by atoms with Crippen LogP contribution in [0.1, 0.15) is 31.1 Å². The highest BCUT2D eigenvalue weighted by Gasteiger charge is 2.24. The van der Waals surface area contributed by atoms with E-state index in [0.29, 0.717) is 0 Å². The van der Waals surface area contributed by atoms with Gasteiger partial charge in [0.2, 0.25) is 0 Å². The second-order valence-electron chi connectivity index (χ2n) is 4.32. The Morgan fingerprint density at radius 2 is 2.12 bits per heavy atom. The topological polar surface area (TPSA) is 103 Å². The van der Waals surface area contributed by atoms with Gasteiger partial charge >= 0.3 is 11.7 Å². The molecular formula is C10H12N2O5. The summed E-state index contributed by atoms with van der Waals surface area (Å²) in [7, 11) is 0. The van der Waals surface area contributed by atoms with Gasteiger partial charge in [0, 0.05) is 12.3 Å². The zero-order valence-electron chi connectivity index (χ0n) is 9.63. The van der Waals surface area contributed by atoms with Gasteiger partial charge < -0.3 is 9.84 Å². The van der Waals surface area contributed by atoms with Crippen molar-refractivity contribution in [1.29, 1.82) is 0 Å². The molecule has 0 aliphatic carbocycles. The highest BCUT2D eigenvalue weighted by Crippen LogP contribution is 2.28. The van der Waals surface area contributed by atoms with Gasteiger partial charge in [0.1, 0.15) is 5.60 Å². The van der Waals surface area contributed by atoms with Crippen LogP contribution in [0.25, 0.3) is 0 Å². The number of nitrogens with zero attached hydrogens (tertiary/aromatic N) is 2. The first-order chi connectivity index (χ1) is 7.70. The maximum absolute atomic E-state index is 10.8. The Labute approximate surface area is 97.2 Å². The quantitative estimate of drug-likeness (QED) is 0.639. The minimum absolute atomic E-state index is 0.187. The number of aromatic nitrogens is 1. The fourth-order valence-corrected chi connectivity index (χ4v) is 1.06. The van der Waals surface area contributed by atoms with Crippen molar-refractivity contribution in [2.24, 2.45) is 0 Å². The molecule has 7 heteroatoms. The summed E-state index contributed by atoms with van der Waals surface area (Å²) in [6.07, 6.45) is 1.02. The SMILES string of the molecule is CC(C)(C)Oc1ncc(C(=O)O)cc1[N+](=O)[O-]. The first-order valence-electron chi connectivity index (χ1n) is 4.77. The van der Waals surface area contributed by atoms with E-state index < -0.39 is 22.2 Å². The molecule has 1 aromatic rings. The molecule has 0 saturated heterocycles. The van der Waals surface area contributed by atoms with Crippen LogP contribution in [0, 0.1) is 10.1 Å². The molecule has 92 valence electrons. The van der Waals surface area contributed by atoms with Crippen molar-refractivity contribution in [1.82, 2.24) is 4.98 Å². The largest absolute Gasteiger partial charge is 0.478 e. The summed E-state index contributed by atoms with van der Waals surface area (Å²) in [4.78, 5) is 24.4. The molecule has 0 saturated carbocycles. The molecule has 0 radical (unpaired) electrons. The monoisotopic (exact) mass is 240 g/mol. The molecule has 1 rings (SSSR count). The van der Waals surface area contributed by atoms with Crippen molar-refractivity contribution in [2.45, 2.75) is 26.4 Å². The van der Waals surface area contributed by atoms with E-state index in [0.717, 1.165) is 12.3 Å². The average Bonchev–Trinajstić information content (AvgIpc) is 2.14. The van der Waals surface area contributed by atoms with Gasteiger partial charge in [-0.1, -0.05) is 0 Å². The van der Waals surface area contributed by atoms with Crippen LogP contribution in [0.3, 0.4) is 0 Å². The van der Waals surface area contributed by atoms with Crippen LogP contribution in [0.2, 0.25) is 0 Å². The fourth-order valence-electron chi connectivity index (χ4n) is 1.06. The molecule has 0 spiro atoms. The third kappa shape index (κ3) is 3.40. The van der Waals surface area contributed by atoms with Crippen molar-refractivity contribution in [3.8, 4) is 5.88 Å². The van der Waals surface area contributed by atoms with E-state index in [9.17, 15) is 14.9 Å². The molecule has 0 aliphatic rings. The molecule has 1 heterocycles. The molecule has 7 nitrogen and oxygen atoms in total. The van der Waals surface area contributed by atoms with Gasteiger partial charge in [-0.25, -0.2) is 9.78 Å². The highest BCUT2D eigenvalue weighted by molar-refractivity contribution is 5.88. The average molecular weight is 240 g/mol. The highest BCUT2D eigenvalue weighted by atomic mass is 16.6. The van der Waals surface area contributed by atoms with Crippen molar-refractivity contribution >= 4 is 11.7 Å². The van der Waals surface area contributed by atoms with E-state index in [2.05, 4.69) is 4.98 Å². The molecule has 17 heavy (non-hydrogen) atoms. The van der Waals surface area contributed by atoms with E-state index in [1.165, 1.54) is 0 Å². The van der Waals surface area contributed by atoms with E-state index in [-0.39, 0.29) is 11.4 Å². The lowest BCUT2D eigenvalue weighted by molar-refractivity contribution is -0.386. The van der Waals surface area contributed by atoms with Crippen molar-refractivity contribution in [2.75, 3.05) is 0 Å². The standard InChI is InChI=1S/C10H12N2O5/c1-10(2,3)17-8-7(12(15)16)4-6(5-11-8)9(13)14/h4-5H,1-3H3,(H,13,14). The van der Waals surface area contributed by atoms with Gasteiger partial charge in [-0.3, -0.25) is 10.1 Å². The summed E-state index contributed by atoms with van der Waals surface area (Å²) in [5, 5.41) is 19.5. The van der Waals surface area contributed by atoms with Crippen LogP contribution in [-0.2, 0) is 0 Å². The van der Waals surface area contributed by atoms with E-state index in [4.69, 9.17) is 9.84 Å². The lowest BCUT2D eigenvalue weighted by Crippen LogP contribution is -2.24. The predicted octanol–water partition coefficient (Wildman–Crippen LogP) is 1.87. The molecule has 0 amide bonds. The van der Waals surface area contributed by atoms with Crippen molar-refractivity contribution in [3.05, 3.63) is 27.9 Å². The van der Waals surface area contributed by atoms with E-state index in [1.807, 2.05) is 0 Å². The summed E-state index contributed by atoms with van der Waals surface area (Å²) in [5.74, 6) is -1.46. The number of ether oxygens (including phenoxy) is 1. The van der Waals surface area contributed by atoms with Crippen molar-refractivity contribution < 1.29 is 19.6 Å². The molecule has 0 bridgehead atoms. The number of carboxylic acid groups (broad SMARTS) is 1. The van der Waals surface area contributed by atoms with Gasteiger partial charge in [0.05, 0.1) is 10.5 Å². The zero-order valence-corrected chi connectivity index (χ0v) is 9.63. The van der Waals surface area contributed by atoms with Crippen molar-refractivity contribution in [3.63, 3.8) is 0 Å². The number of nitro groups is 1. The zero-order chi connectivity index (χ0) is 13.2. The second-order valence-corrected chi connectivity index (χ2v) is 4.32. The Hall–Kier alpha value is -2.18. The first-order valence-corrected chi connectivity index (χ1v) is 4.77. The molecule has 0 aliphatic heterocycles. The van der Waals surface area contributed by atoms with Crippen LogP contribution in [-0.4, -0.2) is 26.6 Å². The molecule has 0 atom stereocenters. The maximum Gasteiger partial charge on any atom is 0.337 e. The summed E-state index contributed by atoms with van der Waals surface area (Å²) < 4.78 is 5.28. The minimum Gasteiger partial charge on any atom is -0.478 e. The van der Waals surface area contributed by atoms with Gasteiger partial charge in [-0.15, -0.1) is 0 Å². The number of carbonyl (C=O) groups is 1. The number of pyridine rings is 1. The summed E-state index contributed by atoms with van der Waals surface area (Å²) in [5.41, 5.74) is -1.36. The second kappa shape index (κ2) is 4.36. The van der Waals surface area contributed by atoms with Gasteiger partial charge in [-0.05, 0) is 20.8 Å². The van der Waals surface area contributed by atoms with E-state index >= 15 is 0 Å². The molecule has 1 aromatic heterocycles. The van der Waals surface area contributed by atoms with Crippen LogP contribution in [0.5, 0.6) is 5.88 Å². The Kier molecular flexibility index (Phi) is 3.31. The Balaban J connectivity index is 3.23. The predicted molar refractivity (Wildman–Crippen MR) is 58.2 cm³/mol. The normalized spacial score (nSPS) is 11.0. The number of hydrogen-bond donors (Lipinski definition) is 1. The summed E-state index contributed by atoms with van der Waals surface area (Å²) >= 11 is 0. The Morgan fingerprint density at radius 1 is 1.53 bits per heavy atom. The van der Waals surface area contributed by atoms with Gasteiger partial charge in [-0.2, -0.15) is 0 Å². The molecule has 0 unspecified atom stereocenters. The first kappa shape index (κ1) is 12.9. The van der Waals surface area contributed by atoms with Crippen LogP contribution < -0.4 is 4.74 Å². The van der Waals surface area contributed by atoms with Gasteiger partial charge in [0.25, 0.3) is 5.88 Å². The van der Waals surface area contributed by atoms with Crippen LogP contribution >= 0.6 is 0 Å². The fraction of sp³-hybridized carbons (Fsp3) is 0.400. The third-order valence-corrected chi connectivity index (χ3v) is 1.68. The lowest BCUT2D eigenvalue weighted by atomic mass is 10.2. The smallest absolute Gasteiger partial charge is 0.337 e. The van der Waals surface area contributed by atoms with Crippen LogP contribution in [0.4, 0.5) is 5.69 Å². The third-order valence-electron chi connectivity index (χ3n) is 1.68. The molecule has 0 aromatic carbocycles. The minimum atomic E-state index is -1.28. The summed E-state index contributed by atoms with van der Waals surface area (Å²) in [6.45, 7) is 5.14. The Bertz CT molecular complexity index is 464. The van der Waals surface area contributed by atoms with Gasteiger partial charge in [0.15, 0.2) is 0 Å². The number of aromatic carboxylic acids is 1. The number of hydrogen-bond acceptors (Lipinski definition) is 5. The lowest BCUT2D eigenvalue weighted by Gasteiger charge is -2.19. The number of carboxylic acids is 1. The van der Waals surface area contributed by atoms with E-state index in [1.54, 1.807) is 20.8 Å². The summed E-state index contributed by atoms with van der Waals surface area (Å²) in [6, 6.07) is 0.927.